The van der Waals surface area contributed by atoms with E-state index in [-0.39, 0.29) is 11.6 Å². The number of non-ortho nitro benzene ring substituents is 1. The number of anilines is 1. The number of nitrogens with zero attached hydrogens (tertiary/aromatic N) is 3. The lowest BCUT2D eigenvalue weighted by Gasteiger charge is -2.11. The average Bonchev–Trinajstić information content (AvgIpc) is 3.28. The standard InChI is InChI=1S/C21H13BrClN3O4/c1-12-18(21(27)25(24-12)14-4-2-3-13(23)9-14)11-16-6-8-20(30-16)17-7-5-15(26(28)29)10-19(17)22/h2-11H,1H3/b18-11+. The maximum Gasteiger partial charge on any atom is 0.280 e. The third kappa shape index (κ3) is 3.79. The summed E-state index contributed by atoms with van der Waals surface area (Å²) in [5, 5.41) is 17.0. The molecule has 2 aromatic carbocycles. The van der Waals surface area contributed by atoms with Gasteiger partial charge in [0.05, 0.1) is 21.9 Å². The van der Waals surface area contributed by atoms with Crippen LogP contribution in [-0.4, -0.2) is 16.5 Å². The molecule has 3 aromatic rings. The molecular weight excluding hydrogens is 474 g/mol. The van der Waals surface area contributed by atoms with E-state index in [1.807, 2.05) is 0 Å². The Bertz CT molecular complexity index is 1250. The molecule has 150 valence electrons. The highest BCUT2D eigenvalue weighted by molar-refractivity contribution is 9.10. The normalized spacial score (nSPS) is 15.0. The van der Waals surface area contributed by atoms with Gasteiger partial charge in [-0.2, -0.15) is 10.1 Å². The molecule has 0 atom stereocenters. The lowest BCUT2D eigenvalue weighted by molar-refractivity contribution is -0.384. The molecule has 0 N–H and O–H groups in total. The average molecular weight is 487 g/mol. The number of hydrazone groups is 1. The highest BCUT2D eigenvalue weighted by Crippen LogP contribution is 2.33. The van der Waals surface area contributed by atoms with E-state index >= 15 is 0 Å². The van der Waals surface area contributed by atoms with Gasteiger partial charge in [-0.25, -0.2) is 0 Å². The number of rotatable bonds is 4. The molecule has 0 saturated heterocycles. The Morgan fingerprint density at radius 2 is 2.00 bits per heavy atom. The topological polar surface area (TPSA) is 89.0 Å². The monoisotopic (exact) mass is 485 g/mol. The number of hydrogen-bond donors (Lipinski definition) is 0. The van der Waals surface area contributed by atoms with Gasteiger partial charge in [0, 0.05) is 27.2 Å². The lowest BCUT2D eigenvalue weighted by Crippen LogP contribution is -2.21. The largest absolute Gasteiger partial charge is 0.457 e. The van der Waals surface area contributed by atoms with Crippen molar-refractivity contribution < 1.29 is 14.1 Å². The van der Waals surface area contributed by atoms with Crippen molar-refractivity contribution in [2.45, 2.75) is 6.92 Å². The fourth-order valence-electron chi connectivity index (χ4n) is 3.00. The van der Waals surface area contributed by atoms with E-state index in [1.165, 1.54) is 17.1 Å². The van der Waals surface area contributed by atoms with E-state index in [0.29, 0.717) is 43.6 Å². The molecule has 2 heterocycles. The molecule has 0 radical (unpaired) electrons. The van der Waals surface area contributed by atoms with Crippen LogP contribution in [0.1, 0.15) is 12.7 Å². The number of hydrogen-bond acceptors (Lipinski definition) is 5. The highest BCUT2D eigenvalue weighted by atomic mass is 79.9. The number of furan rings is 1. The zero-order valence-corrected chi connectivity index (χ0v) is 17.8. The minimum atomic E-state index is -0.466. The predicted molar refractivity (Wildman–Crippen MR) is 119 cm³/mol. The molecule has 0 unspecified atom stereocenters. The van der Waals surface area contributed by atoms with Gasteiger partial charge in [-0.05, 0) is 65.3 Å². The molecule has 0 aliphatic carbocycles. The number of amides is 1. The Morgan fingerprint density at radius 3 is 2.70 bits per heavy atom. The van der Waals surface area contributed by atoms with Crippen molar-refractivity contribution in [3.8, 4) is 11.3 Å². The van der Waals surface area contributed by atoms with Gasteiger partial charge in [-0.3, -0.25) is 14.9 Å². The van der Waals surface area contributed by atoms with Crippen LogP contribution in [0.25, 0.3) is 17.4 Å². The van der Waals surface area contributed by atoms with Crippen LogP contribution in [0, 0.1) is 10.1 Å². The first-order chi connectivity index (χ1) is 14.3. The smallest absolute Gasteiger partial charge is 0.280 e. The summed E-state index contributed by atoms with van der Waals surface area (Å²) in [6.45, 7) is 1.74. The Morgan fingerprint density at radius 1 is 1.20 bits per heavy atom. The van der Waals surface area contributed by atoms with Crippen LogP contribution in [0.5, 0.6) is 0 Å². The summed E-state index contributed by atoms with van der Waals surface area (Å²) < 4.78 is 6.38. The van der Waals surface area contributed by atoms with Gasteiger partial charge in [-0.1, -0.05) is 17.7 Å². The summed E-state index contributed by atoms with van der Waals surface area (Å²) in [4.78, 5) is 23.3. The molecule has 7 nitrogen and oxygen atoms in total. The van der Waals surface area contributed by atoms with E-state index < -0.39 is 4.92 Å². The highest BCUT2D eigenvalue weighted by Gasteiger charge is 2.29. The Balaban J connectivity index is 1.62. The third-order valence-corrected chi connectivity index (χ3v) is 5.35. The van der Waals surface area contributed by atoms with E-state index in [1.54, 1.807) is 55.5 Å². The molecule has 1 aromatic heterocycles. The number of nitro benzene ring substituents is 1. The van der Waals surface area contributed by atoms with Crippen LogP contribution in [0.4, 0.5) is 11.4 Å². The van der Waals surface area contributed by atoms with Crippen LogP contribution in [0.15, 0.2) is 74.2 Å². The van der Waals surface area contributed by atoms with Crippen LogP contribution in [0.2, 0.25) is 5.02 Å². The number of benzene rings is 2. The fraction of sp³-hybridized carbons (Fsp3) is 0.0476. The number of halogens is 2. The fourth-order valence-corrected chi connectivity index (χ4v) is 3.75. The molecule has 0 spiro atoms. The minimum Gasteiger partial charge on any atom is -0.457 e. The number of nitro groups is 1. The van der Waals surface area contributed by atoms with Gasteiger partial charge in [0.2, 0.25) is 0 Å². The minimum absolute atomic E-state index is 0.0241. The van der Waals surface area contributed by atoms with Crippen molar-refractivity contribution in [1.29, 1.82) is 0 Å². The van der Waals surface area contributed by atoms with E-state index in [4.69, 9.17) is 16.0 Å². The zero-order chi connectivity index (χ0) is 21.4. The number of carbonyl (C=O) groups excluding carboxylic acids is 1. The quantitative estimate of drug-likeness (QED) is 0.254. The van der Waals surface area contributed by atoms with Gasteiger partial charge >= 0.3 is 0 Å². The van der Waals surface area contributed by atoms with Gasteiger partial charge in [0.25, 0.3) is 11.6 Å². The second-order valence-electron chi connectivity index (χ2n) is 6.46. The van der Waals surface area contributed by atoms with E-state index in [9.17, 15) is 14.9 Å². The summed E-state index contributed by atoms with van der Waals surface area (Å²) >= 11 is 9.35. The van der Waals surface area contributed by atoms with Crippen molar-refractivity contribution in [1.82, 2.24) is 0 Å². The third-order valence-electron chi connectivity index (χ3n) is 4.46. The maximum absolute atomic E-state index is 12.9. The van der Waals surface area contributed by atoms with Crippen molar-refractivity contribution >= 4 is 56.6 Å². The van der Waals surface area contributed by atoms with E-state index in [2.05, 4.69) is 21.0 Å². The van der Waals surface area contributed by atoms with Gasteiger partial charge in [-0.15, -0.1) is 0 Å². The maximum atomic E-state index is 12.9. The zero-order valence-electron chi connectivity index (χ0n) is 15.5. The molecule has 0 bridgehead atoms. The molecule has 30 heavy (non-hydrogen) atoms. The van der Waals surface area contributed by atoms with Crippen LogP contribution >= 0.6 is 27.5 Å². The summed E-state index contributed by atoms with van der Waals surface area (Å²) in [7, 11) is 0. The Labute approximate surface area is 184 Å². The molecule has 0 fully saturated rings. The Kier molecular flexibility index (Phi) is 5.27. The van der Waals surface area contributed by atoms with Crippen molar-refractivity contribution in [2.75, 3.05) is 5.01 Å². The lowest BCUT2D eigenvalue weighted by atomic mass is 10.1. The van der Waals surface area contributed by atoms with Crippen molar-refractivity contribution in [2.24, 2.45) is 5.10 Å². The first-order valence-electron chi connectivity index (χ1n) is 8.75. The molecule has 1 aliphatic heterocycles. The van der Waals surface area contributed by atoms with Crippen molar-refractivity contribution in [3.63, 3.8) is 0 Å². The SMILES string of the molecule is CC1=NN(c2cccc(Cl)c2)C(=O)/C1=C/c1ccc(-c2ccc([N+](=O)[O-])cc2Br)o1. The molecule has 1 aliphatic rings. The van der Waals surface area contributed by atoms with Gasteiger partial charge in [0.1, 0.15) is 11.5 Å². The molecule has 0 saturated carbocycles. The molecule has 9 heteroatoms. The molecule has 1 amide bonds. The van der Waals surface area contributed by atoms with Gasteiger partial charge < -0.3 is 4.42 Å². The first-order valence-corrected chi connectivity index (χ1v) is 9.92. The molecular formula is C21H13BrClN3O4. The van der Waals surface area contributed by atoms with Crippen molar-refractivity contribution in [3.05, 3.63) is 85.5 Å². The summed E-state index contributed by atoms with van der Waals surface area (Å²) in [5.41, 5.74) is 2.16. The number of carbonyl (C=O) groups is 1. The second-order valence-corrected chi connectivity index (χ2v) is 7.75. The summed E-state index contributed by atoms with van der Waals surface area (Å²) in [6, 6.07) is 14.8. The van der Waals surface area contributed by atoms with Crippen LogP contribution in [-0.2, 0) is 4.79 Å². The van der Waals surface area contributed by atoms with Gasteiger partial charge in [0.15, 0.2) is 0 Å². The second kappa shape index (κ2) is 7.89. The van der Waals surface area contributed by atoms with Crippen LogP contribution < -0.4 is 5.01 Å². The molecule has 4 rings (SSSR count). The summed E-state index contributed by atoms with van der Waals surface area (Å²) in [6.07, 6.45) is 1.62. The van der Waals surface area contributed by atoms with Crippen LogP contribution in [0.3, 0.4) is 0 Å². The first kappa shape index (κ1) is 20.1. The summed E-state index contributed by atoms with van der Waals surface area (Å²) in [5.74, 6) is 0.681. The van der Waals surface area contributed by atoms with E-state index in [0.717, 1.165) is 0 Å². The predicted octanol–water partition coefficient (Wildman–Crippen LogP) is 6.08. The Hall–Kier alpha value is -3.23.